The molecular formula is C18H26N4O3S. The Morgan fingerprint density at radius 2 is 1.77 bits per heavy atom. The summed E-state index contributed by atoms with van der Waals surface area (Å²) in [5, 5.41) is 3.78. The van der Waals surface area contributed by atoms with Crippen molar-refractivity contribution in [2.75, 3.05) is 45.2 Å². The predicted molar refractivity (Wildman–Crippen MR) is 101 cm³/mol. The van der Waals surface area contributed by atoms with Crippen LogP contribution in [-0.4, -0.2) is 63.1 Å². The lowest BCUT2D eigenvalue weighted by molar-refractivity contribution is 0.181. The largest absolute Gasteiger partial charge is 0.377 e. The van der Waals surface area contributed by atoms with Gasteiger partial charge in [-0.25, -0.2) is 8.42 Å². The summed E-state index contributed by atoms with van der Waals surface area (Å²) in [6.07, 6.45) is 0. The number of aryl methyl sites for hydroxylation is 2. The summed E-state index contributed by atoms with van der Waals surface area (Å²) in [6, 6.07) is 8.31. The number of hydrogen-bond donors (Lipinski definition) is 0. The van der Waals surface area contributed by atoms with Gasteiger partial charge in [0, 0.05) is 52.5 Å². The Bertz CT molecular complexity index is 849. The van der Waals surface area contributed by atoms with Crippen molar-refractivity contribution in [3.8, 4) is 0 Å². The third-order valence-electron chi connectivity index (χ3n) is 4.76. The van der Waals surface area contributed by atoms with Crippen LogP contribution in [-0.2, 0) is 16.6 Å². The number of benzene rings is 1. The molecule has 1 aromatic heterocycles. The van der Waals surface area contributed by atoms with E-state index >= 15 is 0 Å². The summed E-state index contributed by atoms with van der Waals surface area (Å²) in [6.45, 7) is 6.45. The number of sulfonamides is 1. The Balaban J connectivity index is 1.69. The molecule has 0 bridgehead atoms. The van der Waals surface area contributed by atoms with Crippen LogP contribution in [0.15, 0.2) is 33.7 Å². The summed E-state index contributed by atoms with van der Waals surface area (Å²) >= 11 is 0. The predicted octanol–water partition coefficient (Wildman–Crippen LogP) is 1.86. The molecule has 1 aromatic carbocycles. The maximum absolute atomic E-state index is 12.9. The number of piperazine rings is 1. The molecule has 26 heavy (non-hydrogen) atoms. The molecule has 1 aliphatic heterocycles. The van der Waals surface area contributed by atoms with Gasteiger partial charge in [0.15, 0.2) is 5.76 Å². The van der Waals surface area contributed by atoms with Crippen molar-refractivity contribution < 1.29 is 12.9 Å². The number of rotatable bonds is 5. The summed E-state index contributed by atoms with van der Waals surface area (Å²) in [4.78, 5) is 4.61. The molecule has 2 heterocycles. The molecular weight excluding hydrogens is 352 g/mol. The Morgan fingerprint density at radius 3 is 2.35 bits per heavy atom. The number of para-hydroxylation sites is 1. The minimum absolute atomic E-state index is 0.212. The molecule has 0 unspecified atom stereocenters. The van der Waals surface area contributed by atoms with Gasteiger partial charge < -0.3 is 9.42 Å². The summed E-state index contributed by atoms with van der Waals surface area (Å²) in [5.74, 6) is 0.352. The molecule has 0 amide bonds. The van der Waals surface area contributed by atoms with Crippen molar-refractivity contribution in [3.05, 3.63) is 41.3 Å². The van der Waals surface area contributed by atoms with Gasteiger partial charge in [0.05, 0.1) is 0 Å². The maximum atomic E-state index is 12.9. The number of aromatic nitrogens is 1. The lowest BCUT2D eigenvalue weighted by Crippen LogP contribution is -2.48. The first-order valence-corrected chi connectivity index (χ1v) is 10.2. The molecule has 2 aromatic rings. The van der Waals surface area contributed by atoms with Gasteiger partial charge in [-0.3, -0.25) is 4.90 Å². The standard InChI is InChI=1S/C18H26N4O3S/c1-14-18(15(2)25-19-14)26(23,24)22-11-9-21(10-12-22)13-16-7-5-6-8-17(16)20(3)4/h5-8H,9-13H2,1-4H3. The molecule has 0 saturated carbocycles. The van der Waals surface area contributed by atoms with E-state index in [2.05, 4.69) is 27.1 Å². The molecule has 0 spiro atoms. The molecule has 0 N–H and O–H groups in total. The van der Waals surface area contributed by atoms with Crippen LogP contribution in [0.5, 0.6) is 0 Å². The van der Waals surface area contributed by atoms with Crippen LogP contribution in [0.2, 0.25) is 0 Å². The minimum atomic E-state index is -3.56. The zero-order chi connectivity index (χ0) is 18.9. The zero-order valence-corrected chi connectivity index (χ0v) is 16.6. The fourth-order valence-electron chi connectivity index (χ4n) is 3.42. The van der Waals surface area contributed by atoms with E-state index in [1.165, 1.54) is 15.6 Å². The summed E-state index contributed by atoms with van der Waals surface area (Å²) in [7, 11) is 0.514. The van der Waals surface area contributed by atoms with Crippen molar-refractivity contribution in [2.45, 2.75) is 25.3 Å². The molecule has 8 heteroatoms. The van der Waals surface area contributed by atoms with E-state index in [1.54, 1.807) is 13.8 Å². The van der Waals surface area contributed by atoms with E-state index in [1.807, 2.05) is 26.2 Å². The van der Waals surface area contributed by atoms with Crippen LogP contribution < -0.4 is 4.90 Å². The Hall–Kier alpha value is -1.90. The average molecular weight is 378 g/mol. The van der Waals surface area contributed by atoms with E-state index < -0.39 is 10.0 Å². The smallest absolute Gasteiger partial charge is 0.248 e. The molecule has 3 rings (SSSR count). The zero-order valence-electron chi connectivity index (χ0n) is 15.8. The van der Waals surface area contributed by atoms with Crippen LogP contribution in [0.25, 0.3) is 0 Å². The quantitative estimate of drug-likeness (QED) is 0.791. The molecule has 1 saturated heterocycles. The highest BCUT2D eigenvalue weighted by atomic mass is 32.2. The van der Waals surface area contributed by atoms with E-state index in [9.17, 15) is 8.42 Å². The van der Waals surface area contributed by atoms with Crippen molar-refractivity contribution in [1.82, 2.24) is 14.4 Å². The Morgan fingerprint density at radius 1 is 1.12 bits per heavy atom. The van der Waals surface area contributed by atoms with Gasteiger partial charge in [0.1, 0.15) is 10.6 Å². The molecule has 0 aliphatic carbocycles. The highest BCUT2D eigenvalue weighted by Gasteiger charge is 2.33. The summed E-state index contributed by atoms with van der Waals surface area (Å²) in [5.41, 5.74) is 2.86. The molecule has 0 radical (unpaired) electrons. The first-order chi connectivity index (χ1) is 12.3. The van der Waals surface area contributed by atoms with E-state index in [-0.39, 0.29) is 4.90 Å². The van der Waals surface area contributed by atoms with Crippen molar-refractivity contribution in [3.63, 3.8) is 0 Å². The fraction of sp³-hybridized carbons (Fsp3) is 0.500. The molecule has 1 aliphatic rings. The monoisotopic (exact) mass is 378 g/mol. The van der Waals surface area contributed by atoms with Crippen LogP contribution in [0.3, 0.4) is 0 Å². The first kappa shape index (κ1) is 18.9. The maximum Gasteiger partial charge on any atom is 0.248 e. The van der Waals surface area contributed by atoms with Crippen LogP contribution in [0.4, 0.5) is 5.69 Å². The third kappa shape index (κ3) is 3.62. The lowest BCUT2D eigenvalue weighted by Gasteiger charge is -2.34. The first-order valence-electron chi connectivity index (χ1n) is 8.71. The normalized spacial score (nSPS) is 16.8. The van der Waals surface area contributed by atoms with Crippen LogP contribution in [0.1, 0.15) is 17.0 Å². The average Bonchev–Trinajstić information content (AvgIpc) is 2.95. The lowest BCUT2D eigenvalue weighted by atomic mass is 10.1. The summed E-state index contributed by atoms with van der Waals surface area (Å²) < 4.78 is 32.4. The van der Waals surface area contributed by atoms with Gasteiger partial charge in [-0.2, -0.15) is 4.31 Å². The number of hydrogen-bond acceptors (Lipinski definition) is 6. The Kier molecular flexibility index (Phi) is 5.36. The van der Waals surface area contributed by atoms with Gasteiger partial charge >= 0.3 is 0 Å². The molecule has 142 valence electrons. The van der Waals surface area contributed by atoms with E-state index in [0.29, 0.717) is 37.6 Å². The van der Waals surface area contributed by atoms with Crippen molar-refractivity contribution in [2.24, 2.45) is 0 Å². The Labute approximate surface area is 155 Å². The molecule has 1 fully saturated rings. The molecule has 0 atom stereocenters. The van der Waals surface area contributed by atoms with Gasteiger partial charge in [0.25, 0.3) is 0 Å². The van der Waals surface area contributed by atoms with Crippen molar-refractivity contribution in [1.29, 1.82) is 0 Å². The fourth-order valence-corrected chi connectivity index (χ4v) is 5.14. The second kappa shape index (κ2) is 7.38. The van der Waals surface area contributed by atoms with Gasteiger partial charge in [-0.15, -0.1) is 0 Å². The van der Waals surface area contributed by atoms with Crippen molar-refractivity contribution >= 4 is 15.7 Å². The van der Waals surface area contributed by atoms with Gasteiger partial charge in [-0.05, 0) is 25.5 Å². The minimum Gasteiger partial charge on any atom is -0.377 e. The van der Waals surface area contributed by atoms with Gasteiger partial charge in [-0.1, -0.05) is 23.4 Å². The topological polar surface area (TPSA) is 69.9 Å². The van der Waals surface area contributed by atoms with E-state index in [0.717, 1.165) is 6.54 Å². The second-order valence-corrected chi connectivity index (χ2v) is 8.73. The number of anilines is 1. The second-order valence-electron chi connectivity index (χ2n) is 6.86. The third-order valence-corrected chi connectivity index (χ3v) is 6.91. The SMILES string of the molecule is Cc1noc(C)c1S(=O)(=O)N1CCN(Cc2ccccc2N(C)C)CC1. The van der Waals surface area contributed by atoms with Crippen LogP contribution in [0, 0.1) is 13.8 Å². The highest BCUT2D eigenvalue weighted by Crippen LogP contribution is 2.25. The van der Waals surface area contributed by atoms with Gasteiger partial charge in [0.2, 0.25) is 10.0 Å². The highest BCUT2D eigenvalue weighted by molar-refractivity contribution is 7.89. The molecule has 7 nitrogen and oxygen atoms in total. The van der Waals surface area contributed by atoms with Crippen LogP contribution >= 0.6 is 0 Å². The van der Waals surface area contributed by atoms with E-state index in [4.69, 9.17) is 4.52 Å². The number of nitrogens with zero attached hydrogens (tertiary/aromatic N) is 4.